The quantitative estimate of drug-likeness (QED) is 0.815. The minimum Gasteiger partial charge on any atom is -0.348 e. The van der Waals surface area contributed by atoms with E-state index in [1.54, 1.807) is 19.1 Å². The highest BCUT2D eigenvalue weighted by Gasteiger charge is 2.31. The number of nitrogens with one attached hydrogen (secondary N) is 1. The summed E-state index contributed by atoms with van der Waals surface area (Å²) in [6.45, 7) is 2.71. The summed E-state index contributed by atoms with van der Waals surface area (Å²) < 4.78 is 50.4. The number of nitrogens with zero attached hydrogens (tertiary/aromatic N) is 1. The van der Waals surface area contributed by atoms with Crippen LogP contribution in [0.4, 0.5) is 0 Å². The van der Waals surface area contributed by atoms with Gasteiger partial charge in [0.25, 0.3) is 5.91 Å². The summed E-state index contributed by atoms with van der Waals surface area (Å²) in [5, 5.41) is 2.70. The van der Waals surface area contributed by atoms with Gasteiger partial charge in [-0.2, -0.15) is 4.31 Å². The Labute approximate surface area is 154 Å². The number of hydrogen-bond acceptors (Lipinski definition) is 5. The van der Waals surface area contributed by atoms with Crippen molar-refractivity contribution in [2.45, 2.75) is 43.5 Å². The summed E-state index contributed by atoms with van der Waals surface area (Å²) in [5.41, 5.74) is 0.825. The third kappa shape index (κ3) is 4.10. The Bertz CT molecular complexity index is 903. The molecule has 3 rings (SSSR count). The second-order valence-corrected chi connectivity index (χ2v) is 11.2. The summed E-state index contributed by atoms with van der Waals surface area (Å²) in [7, 11) is -6.73. The van der Waals surface area contributed by atoms with Gasteiger partial charge in [0.1, 0.15) is 0 Å². The van der Waals surface area contributed by atoms with Crippen LogP contribution in [-0.4, -0.2) is 57.7 Å². The van der Waals surface area contributed by atoms with Crippen LogP contribution in [0.3, 0.4) is 0 Å². The average molecular weight is 401 g/mol. The van der Waals surface area contributed by atoms with Gasteiger partial charge in [-0.1, -0.05) is 12.5 Å². The normalized spacial score (nSPS) is 23.7. The summed E-state index contributed by atoms with van der Waals surface area (Å²) in [6.07, 6.45) is 3.10. The van der Waals surface area contributed by atoms with Crippen LogP contribution in [0.5, 0.6) is 0 Å². The minimum atomic E-state index is -3.64. The van der Waals surface area contributed by atoms with Crippen molar-refractivity contribution in [1.29, 1.82) is 0 Å². The fourth-order valence-corrected chi connectivity index (χ4v) is 6.88. The molecule has 9 heteroatoms. The maximum absolute atomic E-state index is 12.9. The first kappa shape index (κ1) is 19.3. The molecule has 1 N–H and O–H groups in total. The maximum atomic E-state index is 12.9. The lowest BCUT2D eigenvalue weighted by molar-refractivity contribution is 0.0941. The van der Waals surface area contributed by atoms with Gasteiger partial charge in [0, 0.05) is 24.7 Å². The maximum Gasteiger partial charge on any atom is 0.251 e. The Morgan fingerprint density at radius 2 is 1.88 bits per heavy atom. The van der Waals surface area contributed by atoms with E-state index in [0.29, 0.717) is 25.1 Å². The van der Waals surface area contributed by atoms with Crippen molar-refractivity contribution in [1.82, 2.24) is 9.62 Å². The van der Waals surface area contributed by atoms with Crippen LogP contribution in [0, 0.1) is 6.92 Å². The molecule has 0 spiro atoms. The van der Waals surface area contributed by atoms with Gasteiger partial charge in [0.15, 0.2) is 9.84 Å². The molecule has 0 saturated carbocycles. The molecule has 2 heterocycles. The lowest BCUT2D eigenvalue weighted by atomic mass is 10.1. The molecule has 0 aliphatic carbocycles. The Balaban J connectivity index is 1.82. The Morgan fingerprint density at radius 1 is 1.19 bits per heavy atom. The number of rotatable bonds is 4. The van der Waals surface area contributed by atoms with E-state index in [2.05, 4.69) is 5.32 Å². The van der Waals surface area contributed by atoms with Gasteiger partial charge in [-0.15, -0.1) is 0 Å². The zero-order chi connectivity index (χ0) is 18.9. The Hall–Kier alpha value is -1.45. The van der Waals surface area contributed by atoms with Crippen LogP contribution in [0.25, 0.3) is 0 Å². The van der Waals surface area contributed by atoms with Crippen LogP contribution in [-0.2, 0) is 19.9 Å². The van der Waals surface area contributed by atoms with Gasteiger partial charge < -0.3 is 5.32 Å². The molecule has 1 atom stereocenters. The first-order valence-corrected chi connectivity index (χ1v) is 12.1. The molecule has 0 unspecified atom stereocenters. The van der Waals surface area contributed by atoms with E-state index < -0.39 is 31.8 Å². The number of carbonyl (C=O) groups is 1. The van der Waals surface area contributed by atoms with Gasteiger partial charge in [-0.05, 0) is 43.9 Å². The van der Waals surface area contributed by atoms with Crippen LogP contribution in [0.2, 0.25) is 0 Å². The van der Waals surface area contributed by atoms with Crippen molar-refractivity contribution in [3.8, 4) is 0 Å². The number of piperidine rings is 1. The molecule has 0 radical (unpaired) electrons. The molecular formula is C17H24N2O5S2. The van der Waals surface area contributed by atoms with Crippen molar-refractivity contribution in [3.63, 3.8) is 0 Å². The smallest absolute Gasteiger partial charge is 0.251 e. The molecule has 1 aromatic carbocycles. The first-order chi connectivity index (χ1) is 12.2. The highest BCUT2D eigenvalue weighted by Crippen LogP contribution is 2.24. The molecule has 1 amide bonds. The van der Waals surface area contributed by atoms with Crippen molar-refractivity contribution in [2.75, 3.05) is 24.6 Å². The second kappa shape index (κ2) is 7.28. The number of aryl methyl sites for hydroxylation is 1. The summed E-state index contributed by atoms with van der Waals surface area (Å²) >= 11 is 0. The average Bonchev–Trinajstić information content (AvgIpc) is 2.94. The molecule has 1 aromatic rings. The zero-order valence-corrected chi connectivity index (χ0v) is 16.4. The van der Waals surface area contributed by atoms with E-state index in [4.69, 9.17) is 0 Å². The predicted molar refractivity (Wildman–Crippen MR) is 98.3 cm³/mol. The largest absolute Gasteiger partial charge is 0.348 e. The van der Waals surface area contributed by atoms with Crippen LogP contribution < -0.4 is 5.32 Å². The molecule has 0 bridgehead atoms. The molecule has 2 aliphatic rings. The van der Waals surface area contributed by atoms with Crippen molar-refractivity contribution in [2.24, 2.45) is 0 Å². The van der Waals surface area contributed by atoms with Crippen LogP contribution >= 0.6 is 0 Å². The highest BCUT2D eigenvalue weighted by molar-refractivity contribution is 7.91. The number of sulfonamides is 1. The lowest BCUT2D eigenvalue weighted by Crippen LogP contribution is -2.37. The van der Waals surface area contributed by atoms with Crippen LogP contribution in [0.15, 0.2) is 23.1 Å². The molecule has 144 valence electrons. The molecule has 0 aromatic heterocycles. The van der Waals surface area contributed by atoms with E-state index in [1.165, 1.54) is 10.4 Å². The molecule has 7 nitrogen and oxygen atoms in total. The summed E-state index contributed by atoms with van der Waals surface area (Å²) in [6, 6.07) is 4.18. The van der Waals surface area contributed by atoms with Gasteiger partial charge in [0.2, 0.25) is 10.0 Å². The fraction of sp³-hybridized carbons (Fsp3) is 0.588. The molecule has 2 fully saturated rings. The first-order valence-electron chi connectivity index (χ1n) is 8.81. The number of hydrogen-bond donors (Lipinski definition) is 1. The summed E-state index contributed by atoms with van der Waals surface area (Å²) in [5.74, 6) is -0.438. The highest BCUT2D eigenvalue weighted by atomic mass is 32.2. The van der Waals surface area contributed by atoms with E-state index in [9.17, 15) is 21.6 Å². The fourth-order valence-electron chi connectivity index (χ4n) is 3.44. The monoisotopic (exact) mass is 400 g/mol. The minimum absolute atomic E-state index is 0.0659. The van der Waals surface area contributed by atoms with E-state index >= 15 is 0 Å². The number of benzene rings is 1. The van der Waals surface area contributed by atoms with Crippen LogP contribution in [0.1, 0.15) is 41.6 Å². The third-order valence-electron chi connectivity index (χ3n) is 4.95. The molecular weight excluding hydrogens is 376 g/mol. The molecule has 2 aliphatic heterocycles. The lowest BCUT2D eigenvalue weighted by Gasteiger charge is -2.26. The number of amides is 1. The Kier molecular flexibility index (Phi) is 5.41. The van der Waals surface area contributed by atoms with Gasteiger partial charge >= 0.3 is 0 Å². The standard InChI is InChI=1S/C17H24N2O5S2/c1-13-5-6-14(17(20)18-15-7-10-25(21,22)12-15)11-16(13)26(23,24)19-8-3-2-4-9-19/h5-6,11,15H,2-4,7-10,12H2,1H3,(H,18,20)/t15-/m1/s1. The van der Waals surface area contributed by atoms with Gasteiger partial charge in [0.05, 0.1) is 16.4 Å². The second-order valence-electron chi connectivity index (χ2n) is 7.02. The van der Waals surface area contributed by atoms with Gasteiger partial charge in [-0.3, -0.25) is 4.79 Å². The zero-order valence-electron chi connectivity index (χ0n) is 14.8. The van der Waals surface area contributed by atoms with E-state index in [0.717, 1.165) is 19.3 Å². The van der Waals surface area contributed by atoms with Crippen molar-refractivity contribution >= 4 is 25.8 Å². The SMILES string of the molecule is Cc1ccc(C(=O)N[C@@H]2CCS(=O)(=O)C2)cc1S(=O)(=O)N1CCCCC1. The molecule has 2 saturated heterocycles. The number of sulfone groups is 1. The Morgan fingerprint density at radius 3 is 2.50 bits per heavy atom. The van der Waals surface area contributed by atoms with Gasteiger partial charge in [-0.25, -0.2) is 16.8 Å². The predicted octanol–water partition coefficient (Wildman–Crippen LogP) is 1.09. The van der Waals surface area contributed by atoms with Crippen molar-refractivity contribution < 1.29 is 21.6 Å². The summed E-state index contributed by atoms with van der Waals surface area (Å²) in [4.78, 5) is 12.6. The molecule has 26 heavy (non-hydrogen) atoms. The van der Waals surface area contributed by atoms with E-state index in [1.807, 2.05) is 0 Å². The van der Waals surface area contributed by atoms with Crippen molar-refractivity contribution in [3.05, 3.63) is 29.3 Å². The van der Waals surface area contributed by atoms with E-state index in [-0.39, 0.29) is 22.0 Å². The topological polar surface area (TPSA) is 101 Å². The number of carbonyl (C=O) groups excluding carboxylic acids is 1. The third-order valence-corrected chi connectivity index (χ3v) is 8.76.